The number of hydrogen-bond donors (Lipinski definition) is 1. The minimum absolute atomic E-state index is 0.0566. The SMILES string of the molecule is C[C@H]1[C@H](NC(=O)n2ccc(-c3ccccc3Cl)c2)C2CCN1CC2. The quantitative estimate of drug-likeness (QED) is 0.899. The van der Waals surface area contributed by atoms with Crippen molar-refractivity contribution < 1.29 is 4.79 Å². The van der Waals surface area contributed by atoms with Crippen LogP contribution in [0.25, 0.3) is 11.1 Å². The second-order valence-electron chi connectivity index (χ2n) is 6.88. The largest absolute Gasteiger partial charge is 0.333 e. The molecule has 4 heterocycles. The number of carbonyl (C=O) groups excluding carboxylic acids is 1. The van der Waals surface area contributed by atoms with E-state index in [1.165, 1.54) is 25.9 Å². The van der Waals surface area contributed by atoms with E-state index in [0.29, 0.717) is 17.0 Å². The smallest absolute Gasteiger partial charge is 0.325 e. The fraction of sp³-hybridized carbons (Fsp3) is 0.421. The molecule has 0 aliphatic carbocycles. The molecule has 2 aromatic rings. The second kappa shape index (κ2) is 6.26. The number of fused-ring (bicyclic) bond motifs is 3. The van der Waals surface area contributed by atoms with Crippen molar-refractivity contribution in [2.75, 3.05) is 13.1 Å². The number of carbonyl (C=O) groups is 1. The molecule has 1 aromatic heterocycles. The molecule has 3 aliphatic rings. The van der Waals surface area contributed by atoms with Crippen molar-refractivity contribution in [1.29, 1.82) is 0 Å². The van der Waals surface area contributed by atoms with Crippen LogP contribution in [0.4, 0.5) is 4.79 Å². The number of hydrogen-bond acceptors (Lipinski definition) is 2. The first kappa shape index (κ1) is 15.7. The molecule has 0 unspecified atom stereocenters. The number of halogens is 1. The van der Waals surface area contributed by atoms with Gasteiger partial charge < -0.3 is 5.32 Å². The van der Waals surface area contributed by atoms with Crippen molar-refractivity contribution in [3.63, 3.8) is 0 Å². The summed E-state index contributed by atoms with van der Waals surface area (Å²) in [6.07, 6.45) is 6.03. The normalized spacial score (nSPS) is 28.8. The van der Waals surface area contributed by atoms with E-state index in [9.17, 15) is 4.79 Å². The number of nitrogens with zero attached hydrogens (tertiary/aromatic N) is 2. The number of aromatic nitrogens is 1. The minimum atomic E-state index is -0.0566. The molecule has 5 heteroatoms. The van der Waals surface area contributed by atoms with Crippen LogP contribution in [0.5, 0.6) is 0 Å². The minimum Gasteiger partial charge on any atom is -0.333 e. The Labute approximate surface area is 147 Å². The van der Waals surface area contributed by atoms with Gasteiger partial charge >= 0.3 is 6.03 Å². The third-order valence-corrected chi connectivity index (χ3v) is 5.91. The zero-order valence-corrected chi connectivity index (χ0v) is 14.5. The molecule has 3 saturated heterocycles. The maximum absolute atomic E-state index is 12.7. The lowest BCUT2D eigenvalue weighted by Gasteiger charge is -2.49. The Morgan fingerprint density at radius 3 is 2.67 bits per heavy atom. The molecule has 0 spiro atoms. The van der Waals surface area contributed by atoms with Gasteiger partial charge in [-0.15, -0.1) is 0 Å². The molecular formula is C19H22ClN3O. The summed E-state index contributed by atoms with van der Waals surface area (Å²) >= 11 is 6.25. The summed E-state index contributed by atoms with van der Waals surface area (Å²) in [6.45, 7) is 4.55. The lowest BCUT2D eigenvalue weighted by Crippen LogP contribution is -2.62. The molecule has 1 N–H and O–H groups in total. The Morgan fingerprint density at radius 2 is 1.96 bits per heavy atom. The highest BCUT2D eigenvalue weighted by molar-refractivity contribution is 6.33. The van der Waals surface area contributed by atoms with Crippen LogP contribution in [-0.2, 0) is 0 Å². The molecule has 126 valence electrons. The maximum Gasteiger partial charge on any atom is 0.325 e. The summed E-state index contributed by atoms with van der Waals surface area (Å²) in [6, 6.07) is 10.2. The fourth-order valence-electron chi connectivity index (χ4n) is 4.14. The Hall–Kier alpha value is -1.78. The van der Waals surface area contributed by atoms with Gasteiger partial charge in [0.1, 0.15) is 0 Å². The molecule has 4 nitrogen and oxygen atoms in total. The van der Waals surface area contributed by atoms with Crippen molar-refractivity contribution in [2.45, 2.75) is 31.8 Å². The van der Waals surface area contributed by atoms with Crippen molar-refractivity contribution in [3.8, 4) is 11.1 Å². The van der Waals surface area contributed by atoms with Gasteiger partial charge in [-0.1, -0.05) is 29.8 Å². The van der Waals surface area contributed by atoms with Crippen molar-refractivity contribution in [3.05, 3.63) is 47.7 Å². The van der Waals surface area contributed by atoms with Crippen LogP contribution in [-0.4, -0.2) is 40.7 Å². The topological polar surface area (TPSA) is 37.3 Å². The summed E-state index contributed by atoms with van der Waals surface area (Å²) in [5.74, 6) is 0.604. The van der Waals surface area contributed by atoms with Gasteiger partial charge in [-0.2, -0.15) is 0 Å². The van der Waals surface area contributed by atoms with Crippen LogP contribution in [0.3, 0.4) is 0 Å². The molecule has 0 saturated carbocycles. The van der Waals surface area contributed by atoms with Gasteiger partial charge in [0.2, 0.25) is 0 Å². The van der Waals surface area contributed by atoms with E-state index in [4.69, 9.17) is 11.6 Å². The molecular weight excluding hydrogens is 322 g/mol. The molecule has 0 radical (unpaired) electrons. The summed E-state index contributed by atoms with van der Waals surface area (Å²) in [4.78, 5) is 15.1. The van der Waals surface area contributed by atoms with Gasteiger partial charge in [-0.25, -0.2) is 4.79 Å². The second-order valence-corrected chi connectivity index (χ2v) is 7.28. The molecule has 1 aromatic carbocycles. The molecule has 24 heavy (non-hydrogen) atoms. The van der Waals surface area contributed by atoms with Crippen molar-refractivity contribution in [2.24, 2.45) is 5.92 Å². The van der Waals surface area contributed by atoms with Crippen LogP contribution >= 0.6 is 11.6 Å². The predicted octanol–water partition coefficient (Wildman–Crippen LogP) is 3.85. The van der Waals surface area contributed by atoms with Gasteiger partial charge in [0.05, 0.1) is 0 Å². The third kappa shape index (κ3) is 2.74. The van der Waals surface area contributed by atoms with Crippen LogP contribution < -0.4 is 5.32 Å². The summed E-state index contributed by atoms with van der Waals surface area (Å²) in [5, 5.41) is 3.94. The zero-order chi connectivity index (χ0) is 16.7. The van der Waals surface area contributed by atoms with Crippen LogP contribution in [0.15, 0.2) is 42.7 Å². The van der Waals surface area contributed by atoms with Gasteiger partial charge in [-0.05, 0) is 50.9 Å². The summed E-state index contributed by atoms with van der Waals surface area (Å²) < 4.78 is 1.63. The molecule has 5 rings (SSSR count). The van der Waals surface area contributed by atoms with E-state index in [1.54, 1.807) is 10.8 Å². The lowest BCUT2D eigenvalue weighted by atomic mass is 9.79. The highest BCUT2D eigenvalue weighted by Gasteiger charge is 2.40. The van der Waals surface area contributed by atoms with Gasteiger partial charge in [-0.3, -0.25) is 9.47 Å². The first-order chi connectivity index (χ1) is 11.6. The molecule has 3 fully saturated rings. The highest BCUT2D eigenvalue weighted by Crippen LogP contribution is 2.32. The number of nitrogens with one attached hydrogen (secondary N) is 1. The Kier molecular flexibility index (Phi) is 4.10. The fourth-order valence-corrected chi connectivity index (χ4v) is 4.38. The lowest BCUT2D eigenvalue weighted by molar-refractivity contribution is 0.0267. The van der Waals surface area contributed by atoms with Crippen LogP contribution in [0.1, 0.15) is 19.8 Å². The average molecular weight is 344 g/mol. The van der Waals surface area contributed by atoms with Gasteiger partial charge in [0.25, 0.3) is 0 Å². The first-order valence-corrected chi connectivity index (χ1v) is 8.99. The predicted molar refractivity (Wildman–Crippen MR) is 96.4 cm³/mol. The van der Waals surface area contributed by atoms with Crippen molar-refractivity contribution >= 4 is 17.6 Å². The average Bonchev–Trinajstić information content (AvgIpc) is 3.09. The molecule has 1 amide bonds. The van der Waals surface area contributed by atoms with Crippen molar-refractivity contribution in [1.82, 2.24) is 14.8 Å². The van der Waals surface area contributed by atoms with Crippen LogP contribution in [0, 0.1) is 5.92 Å². The third-order valence-electron chi connectivity index (χ3n) is 5.58. The summed E-state index contributed by atoms with van der Waals surface area (Å²) in [7, 11) is 0. The molecule has 3 aliphatic heterocycles. The van der Waals surface area contributed by atoms with E-state index >= 15 is 0 Å². The first-order valence-electron chi connectivity index (χ1n) is 8.61. The number of benzene rings is 1. The monoisotopic (exact) mass is 343 g/mol. The van der Waals surface area contributed by atoms with E-state index in [-0.39, 0.29) is 12.1 Å². The Balaban J connectivity index is 1.51. The standard InChI is InChI=1S/C19H22ClN3O/c1-13-18(14-6-9-22(13)10-7-14)21-19(24)23-11-8-15(12-23)16-4-2-3-5-17(16)20/h2-5,8,11-14,18H,6-7,9-10H2,1H3,(H,21,24)/t13-,18-/m0/s1. The Bertz CT molecular complexity index is 747. The maximum atomic E-state index is 12.7. The van der Waals surface area contributed by atoms with Gasteiger partial charge in [0.15, 0.2) is 0 Å². The molecule has 2 atom stereocenters. The van der Waals surface area contributed by atoms with Crippen LogP contribution in [0.2, 0.25) is 5.02 Å². The number of rotatable bonds is 2. The van der Waals surface area contributed by atoms with Gasteiger partial charge in [0, 0.05) is 40.6 Å². The van der Waals surface area contributed by atoms with E-state index in [2.05, 4.69) is 17.1 Å². The van der Waals surface area contributed by atoms with E-state index in [1.807, 2.05) is 36.5 Å². The number of piperidine rings is 3. The Morgan fingerprint density at radius 1 is 1.21 bits per heavy atom. The zero-order valence-electron chi connectivity index (χ0n) is 13.8. The van der Waals surface area contributed by atoms with E-state index in [0.717, 1.165) is 11.1 Å². The highest BCUT2D eigenvalue weighted by atomic mass is 35.5. The molecule has 2 bridgehead atoms. The summed E-state index contributed by atoms with van der Waals surface area (Å²) in [5.41, 5.74) is 1.90. The van der Waals surface area contributed by atoms with E-state index < -0.39 is 0 Å². The number of amides is 1.